The average Bonchev–Trinajstić information content (AvgIpc) is 2.65. The highest BCUT2D eigenvalue weighted by Crippen LogP contribution is 2.09. The highest BCUT2D eigenvalue weighted by molar-refractivity contribution is 5.28. The summed E-state index contributed by atoms with van der Waals surface area (Å²) in [6, 6.07) is 0. The standard InChI is InChI=1S/C13H26N4O/c1-12-11-17(9-6-8-16(2)3)13(15-12)14-7-5-10-18-4/h11H,5-10H2,1-4H3,(H,14,15). The number of imidazole rings is 1. The van der Waals surface area contributed by atoms with Crippen molar-refractivity contribution in [2.24, 2.45) is 0 Å². The normalized spacial score (nSPS) is 11.2. The van der Waals surface area contributed by atoms with Crippen molar-refractivity contribution in [3.05, 3.63) is 11.9 Å². The SMILES string of the molecule is COCCCNc1nc(C)cn1CCCN(C)C. The van der Waals surface area contributed by atoms with Gasteiger partial charge in [-0.3, -0.25) is 0 Å². The Morgan fingerprint density at radius 3 is 2.83 bits per heavy atom. The van der Waals surface area contributed by atoms with Crippen molar-refractivity contribution in [2.75, 3.05) is 46.2 Å². The van der Waals surface area contributed by atoms with Crippen molar-refractivity contribution < 1.29 is 4.74 Å². The summed E-state index contributed by atoms with van der Waals surface area (Å²) in [6.45, 7) is 5.82. The van der Waals surface area contributed by atoms with E-state index in [9.17, 15) is 0 Å². The van der Waals surface area contributed by atoms with Gasteiger partial charge in [-0.2, -0.15) is 0 Å². The zero-order chi connectivity index (χ0) is 13.4. The number of nitrogens with zero attached hydrogens (tertiary/aromatic N) is 3. The molecule has 0 aromatic carbocycles. The maximum atomic E-state index is 5.03. The highest BCUT2D eigenvalue weighted by atomic mass is 16.5. The van der Waals surface area contributed by atoms with E-state index in [0.29, 0.717) is 0 Å². The number of nitrogens with one attached hydrogen (secondary N) is 1. The molecule has 0 amide bonds. The molecule has 1 rings (SSSR count). The number of methoxy groups -OCH3 is 1. The van der Waals surface area contributed by atoms with Gasteiger partial charge in [0.25, 0.3) is 0 Å². The van der Waals surface area contributed by atoms with E-state index in [0.717, 1.165) is 50.7 Å². The van der Waals surface area contributed by atoms with E-state index in [4.69, 9.17) is 4.74 Å². The zero-order valence-electron chi connectivity index (χ0n) is 12.1. The summed E-state index contributed by atoms with van der Waals surface area (Å²) in [5, 5.41) is 3.37. The first kappa shape index (κ1) is 15.0. The Balaban J connectivity index is 2.40. The number of rotatable bonds is 9. The number of aromatic nitrogens is 2. The third-order valence-electron chi connectivity index (χ3n) is 2.71. The van der Waals surface area contributed by atoms with Crippen LogP contribution in [0.5, 0.6) is 0 Å². The molecule has 0 bridgehead atoms. The first-order valence-electron chi connectivity index (χ1n) is 6.55. The molecule has 1 N–H and O–H groups in total. The Kier molecular flexibility index (Phi) is 6.75. The molecule has 0 radical (unpaired) electrons. The molecule has 5 nitrogen and oxygen atoms in total. The average molecular weight is 254 g/mol. The molecule has 18 heavy (non-hydrogen) atoms. The Morgan fingerprint density at radius 2 is 2.17 bits per heavy atom. The number of ether oxygens (including phenoxy) is 1. The van der Waals surface area contributed by atoms with E-state index in [1.807, 2.05) is 6.92 Å². The van der Waals surface area contributed by atoms with E-state index < -0.39 is 0 Å². The number of hydrogen-bond acceptors (Lipinski definition) is 4. The molecular weight excluding hydrogens is 228 g/mol. The second kappa shape index (κ2) is 8.11. The van der Waals surface area contributed by atoms with Gasteiger partial charge in [0.2, 0.25) is 5.95 Å². The fourth-order valence-electron chi connectivity index (χ4n) is 1.83. The van der Waals surface area contributed by atoms with Gasteiger partial charge in [0.05, 0.1) is 5.69 Å². The van der Waals surface area contributed by atoms with E-state index >= 15 is 0 Å². The van der Waals surface area contributed by atoms with Gasteiger partial charge in [0, 0.05) is 33.0 Å². The lowest BCUT2D eigenvalue weighted by Crippen LogP contribution is -2.16. The van der Waals surface area contributed by atoms with Crippen LogP contribution in [0.2, 0.25) is 0 Å². The van der Waals surface area contributed by atoms with Gasteiger partial charge in [0.1, 0.15) is 0 Å². The maximum absolute atomic E-state index is 5.03. The Labute approximate surface area is 110 Å². The fourth-order valence-corrected chi connectivity index (χ4v) is 1.83. The number of hydrogen-bond donors (Lipinski definition) is 1. The molecule has 0 aliphatic rings. The molecule has 0 saturated carbocycles. The molecule has 0 aliphatic carbocycles. The molecule has 0 unspecified atom stereocenters. The molecule has 1 aromatic heterocycles. The van der Waals surface area contributed by atoms with Crippen LogP contribution in [0.1, 0.15) is 18.5 Å². The lowest BCUT2D eigenvalue weighted by atomic mass is 10.4. The highest BCUT2D eigenvalue weighted by Gasteiger charge is 2.04. The maximum Gasteiger partial charge on any atom is 0.203 e. The van der Waals surface area contributed by atoms with Gasteiger partial charge in [-0.25, -0.2) is 4.98 Å². The molecule has 0 spiro atoms. The zero-order valence-corrected chi connectivity index (χ0v) is 12.1. The van der Waals surface area contributed by atoms with Crippen LogP contribution in [0.25, 0.3) is 0 Å². The Bertz CT molecular complexity index is 336. The number of aryl methyl sites for hydroxylation is 2. The Hall–Kier alpha value is -1.07. The van der Waals surface area contributed by atoms with Crippen molar-refractivity contribution in [3.8, 4) is 0 Å². The van der Waals surface area contributed by atoms with Crippen LogP contribution in [0.3, 0.4) is 0 Å². The van der Waals surface area contributed by atoms with E-state index in [1.165, 1.54) is 0 Å². The molecule has 0 atom stereocenters. The van der Waals surface area contributed by atoms with Crippen molar-refractivity contribution in [3.63, 3.8) is 0 Å². The minimum absolute atomic E-state index is 0.785. The molecule has 0 fully saturated rings. The topological polar surface area (TPSA) is 42.3 Å². The lowest BCUT2D eigenvalue weighted by Gasteiger charge is -2.12. The summed E-state index contributed by atoms with van der Waals surface area (Å²) in [5.74, 6) is 0.974. The second-order valence-electron chi connectivity index (χ2n) is 4.83. The van der Waals surface area contributed by atoms with Gasteiger partial charge in [-0.05, 0) is 40.4 Å². The van der Waals surface area contributed by atoms with Crippen LogP contribution in [-0.4, -0.2) is 55.4 Å². The van der Waals surface area contributed by atoms with Crippen molar-refractivity contribution >= 4 is 5.95 Å². The van der Waals surface area contributed by atoms with Gasteiger partial charge in [-0.1, -0.05) is 0 Å². The third-order valence-corrected chi connectivity index (χ3v) is 2.71. The summed E-state index contributed by atoms with van der Waals surface area (Å²) in [6.07, 6.45) is 4.24. The molecular formula is C13H26N4O. The van der Waals surface area contributed by atoms with E-state index in [1.54, 1.807) is 7.11 Å². The molecule has 104 valence electrons. The number of anilines is 1. The largest absolute Gasteiger partial charge is 0.385 e. The first-order chi connectivity index (χ1) is 8.63. The van der Waals surface area contributed by atoms with Crippen LogP contribution in [0.4, 0.5) is 5.95 Å². The van der Waals surface area contributed by atoms with Crippen LogP contribution < -0.4 is 5.32 Å². The molecule has 0 aliphatic heterocycles. The second-order valence-corrected chi connectivity index (χ2v) is 4.83. The third kappa shape index (κ3) is 5.51. The van der Waals surface area contributed by atoms with Gasteiger partial charge < -0.3 is 19.5 Å². The minimum atomic E-state index is 0.785. The molecule has 1 heterocycles. The minimum Gasteiger partial charge on any atom is -0.385 e. The fraction of sp³-hybridized carbons (Fsp3) is 0.769. The summed E-state index contributed by atoms with van der Waals surface area (Å²) in [5.41, 5.74) is 1.06. The monoisotopic (exact) mass is 254 g/mol. The van der Waals surface area contributed by atoms with Gasteiger partial charge >= 0.3 is 0 Å². The summed E-state index contributed by atoms with van der Waals surface area (Å²) < 4.78 is 7.23. The summed E-state index contributed by atoms with van der Waals surface area (Å²) in [7, 11) is 5.93. The van der Waals surface area contributed by atoms with Gasteiger partial charge in [-0.15, -0.1) is 0 Å². The van der Waals surface area contributed by atoms with Crippen LogP contribution in [0.15, 0.2) is 6.20 Å². The van der Waals surface area contributed by atoms with Gasteiger partial charge in [0.15, 0.2) is 0 Å². The molecule has 5 heteroatoms. The molecule has 1 aromatic rings. The van der Waals surface area contributed by atoms with Crippen molar-refractivity contribution in [2.45, 2.75) is 26.3 Å². The smallest absolute Gasteiger partial charge is 0.203 e. The predicted octanol–water partition coefficient (Wildman–Crippen LogP) is 1.59. The van der Waals surface area contributed by atoms with Crippen LogP contribution in [0, 0.1) is 6.92 Å². The quantitative estimate of drug-likeness (QED) is 0.680. The lowest BCUT2D eigenvalue weighted by molar-refractivity contribution is 0.197. The summed E-state index contributed by atoms with van der Waals surface area (Å²) >= 11 is 0. The van der Waals surface area contributed by atoms with E-state index in [-0.39, 0.29) is 0 Å². The van der Waals surface area contributed by atoms with Crippen molar-refractivity contribution in [1.82, 2.24) is 14.5 Å². The van der Waals surface area contributed by atoms with Crippen LogP contribution in [-0.2, 0) is 11.3 Å². The van der Waals surface area contributed by atoms with Crippen LogP contribution >= 0.6 is 0 Å². The first-order valence-corrected chi connectivity index (χ1v) is 6.55. The summed E-state index contributed by atoms with van der Waals surface area (Å²) in [4.78, 5) is 6.71. The Morgan fingerprint density at radius 1 is 1.39 bits per heavy atom. The van der Waals surface area contributed by atoms with Crippen molar-refractivity contribution in [1.29, 1.82) is 0 Å². The molecule has 0 saturated heterocycles. The predicted molar refractivity (Wildman–Crippen MR) is 75.1 cm³/mol. The van der Waals surface area contributed by atoms with E-state index in [2.05, 4.69) is 40.1 Å².